The van der Waals surface area contributed by atoms with Gasteiger partial charge in [-0.05, 0) is 15.9 Å². The van der Waals surface area contributed by atoms with Crippen LogP contribution in [0.1, 0.15) is 0 Å². The lowest BCUT2D eigenvalue weighted by atomic mass is 10.6. The van der Waals surface area contributed by atoms with Crippen LogP contribution in [0.5, 0.6) is 5.88 Å². The number of anilines is 1. The molecule has 0 aromatic carbocycles. The molecule has 0 saturated carbocycles. The number of nitrogens with zero attached hydrogens (tertiary/aromatic N) is 4. The lowest BCUT2D eigenvalue weighted by Crippen LogP contribution is -2.03. The Labute approximate surface area is 94.2 Å². The van der Waals surface area contributed by atoms with E-state index < -0.39 is 0 Å². The van der Waals surface area contributed by atoms with Crippen molar-refractivity contribution in [3.63, 3.8) is 0 Å². The smallest absolute Gasteiger partial charge is 0.259 e. The number of rotatable bonds is 2. The molecule has 0 aliphatic rings. The SMILES string of the molecule is COc1nccnc1-n1cc(Br)c(N)n1. The monoisotopic (exact) mass is 269 g/mol. The van der Waals surface area contributed by atoms with Gasteiger partial charge < -0.3 is 10.5 Å². The molecule has 0 spiro atoms. The van der Waals surface area contributed by atoms with Gasteiger partial charge in [0.25, 0.3) is 5.88 Å². The molecule has 2 rings (SSSR count). The average Bonchev–Trinajstić information content (AvgIpc) is 2.59. The topological polar surface area (TPSA) is 78.9 Å². The van der Waals surface area contributed by atoms with Crippen molar-refractivity contribution in [2.24, 2.45) is 0 Å². The molecule has 2 heterocycles. The summed E-state index contributed by atoms with van der Waals surface area (Å²) in [4.78, 5) is 8.12. The molecule has 2 aromatic heterocycles. The van der Waals surface area contributed by atoms with Gasteiger partial charge in [-0.3, -0.25) is 0 Å². The van der Waals surface area contributed by atoms with E-state index in [1.807, 2.05) is 0 Å². The second kappa shape index (κ2) is 3.85. The Hall–Kier alpha value is -1.63. The molecular formula is C8H8BrN5O. The third-order valence-corrected chi connectivity index (χ3v) is 2.36. The minimum absolute atomic E-state index is 0.391. The van der Waals surface area contributed by atoms with E-state index in [0.29, 0.717) is 22.0 Å². The zero-order chi connectivity index (χ0) is 10.8. The minimum Gasteiger partial charge on any atom is -0.478 e. The molecule has 0 aliphatic carbocycles. The number of halogens is 1. The third kappa shape index (κ3) is 1.78. The summed E-state index contributed by atoms with van der Waals surface area (Å²) >= 11 is 3.26. The number of methoxy groups -OCH3 is 1. The molecule has 0 atom stereocenters. The first-order chi connectivity index (χ1) is 7.22. The molecule has 0 unspecified atom stereocenters. The second-order valence-electron chi connectivity index (χ2n) is 2.70. The molecule has 0 aliphatic heterocycles. The maximum Gasteiger partial charge on any atom is 0.259 e. The number of ether oxygens (including phenoxy) is 1. The van der Waals surface area contributed by atoms with Crippen LogP contribution < -0.4 is 10.5 Å². The predicted octanol–water partition coefficient (Wildman–Crippen LogP) is 1.02. The van der Waals surface area contributed by atoms with Gasteiger partial charge in [-0.2, -0.15) is 0 Å². The highest BCUT2D eigenvalue weighted by molar-refractivity contribution is 9.10. The zero-order valence-electron chi connectivity index (χ0n) is 7.88. The molecular weight excluding hydrogens is 262 g/mol. The molecule has 2 N–H and O–H groups in total. The lowest BCUT2D eigenvalue weighted by Gasteiger charge is -2.04. The van der Waals surface area contributed by atoms with Crippen molar-refractivity contribution in [2.75, 3.05) is 12.8 Å². The van der Waals surface area contributed by atoms with Gasteiger partial charge in [0.1, 0.15) is 0 Å². The zero-order valence-corrected chi connectivity index (χ0v) is 9.47. The Bertz CT molecular complexity index is 464. The van der Waals surface area contributed by atoms with Crippen LogP contribution in [-0.2, 0) is 0 Å². The van der Waals surface area contributed by atoms with Crippen LogP contribution in [-0.4, -0.2) is 26.9 Å². The molecule has 6 nitrogen and oxygen atoms in total. The maximum absolute atomic E-state index is 5.60. The van der Waals surface area contributed by atoms with Crippen LogP contribution in [0.4, 0.5) is 5.82 Å². The van der Waals surface area contributed by atoms with E-state index in [-0.39, 0.29) is 0 Å². The molecule has 0 amide bonds. The van der Waals surface area contributed by atoms with Crippen LogP contribution in [0.25, 0.3) is 5.82 Å². The molecule has 0 bridgehead atoms. The molecule has 0 fully saturated rings. The minimum atomic E-state index is 0.391. The Morgan fingerprint density at radius 2 is 2.13 bits per heavy atom. The van der Waals surface area contributed by atoms with E-state index in [1.54, 1.807) is 18.6 Å². The van der Waals surface area contributed by atoms with E-state index in [2.05, 4.69) is 31.0 Å². The van der Waals surface area contributed by atoms with Gasteiger partial charge in [-0.15, -0.1) is 5.10 Å². The fourth-order valence-corrected chi connectivity index (χ4v) is 1.37. The van der Waals surface area contributed by atoms with E-state index in [9.17, 15) is 0 Å². The number of aromatic nitrogens is 4. The van der Waals surface area contributed by atoms with Crippen molar-refractivity contribution in [3.8, 4) is 11.7 Å². The van der Waals surface area contributed by atoms with Crippen molar-refractivity contribution < 1.29 is 4.74 Å². The highest BCUT2D eigenvalue weighted by Gasteiger charge is 2.10. The number of nitrogens with two attached hydrogens (primary N) is 1. The first-order valence-corrected chi connectivity index (χ1v) is 4.87. The normalized spacial score (nSPS) is 10.3. The maximum atomic E-state index is 5.60. The van der Waals surface area contributed by atoms with Crippen molar-refractivity contribution in [1.29, 1.82) is 0 Å². The standard InChI is InChI=1S/C8H8BrN5O/c1-15-8-7(11-2-3-12-8)14-4-5(9)6(10)13-14/h2-4H,1H3,(H2,10,13). The first kappa shape index (κ1) is 9.91. The van der Waals surface area contributed by atoms with Crippen molar-refractivity contribution in [2.45, 2.75) is 0 Å². The van der Waals surface area contributed by atoms with Gasteiger partial charge in [0, 0.05) is 18.6 Å². The summed E-state index contributed by atoms with van der Waals surface area (Å²) in [6, 6.07) is 0. The fourth-order valence-electron chi connectivity index (χ4n) is 1.09. The summed E-state index contributed by atoms with van der Waals surface area (Å²) in [5.74, 6) is 1.28. The quantitative estimate of drug-likeness (QED) is 0.881. The lowest BCUT2D eigenvalue weighted by molar-refractivity contribution is 0.392. The van der Waals surface area contributed by atoms with E-state index in [0.717, 1.165) is 0 Å². The van der Waals surface area contributed by atoms with Gasteiger partial charge in [0.05, 0.1) is 11.6 Å². The summed E-state index contributed by atoms with van der Waals surface area (Å²) in [7, 11) is 1.52. The molecule has 7 heteroatoms. The third-order valence-electron chi connectivity index (χ3n) is 1.75. The van der Waals surface area contributed by atoms with Crippen LogP contribution in [0.3, 0.4) is 0 Å². The average molecular weight is 270 g/mol. The molecule has 0 saturated heterocycles. The molecule has 78 valence electrons. The van der Waals surface area contributed by atoms with Gasteiger partial charge in [0.2, 0.25) is 5.82 Å². The van der Waals surface area contributed by atoms with Crippen LogP contribution >= 0.6 is 15.9 Å². The fraction of sp³-hybridized carbons (Fsp3) is 0.125. The van der Waals surface area contributed by atoms with Crippen LogP contribution in [0.15, 0.2) is 23.1 Å². The summed E-state index contributed by atoms with van der Waals surface area (Å²) < 4.78 is 7.27. The molecule has 0 radical (unpaired) electrons. The Kier molecular flexibility index (Phi) is 2.55. The van der Waals surface area contributed by atoms with Gasteiger partial charge in [-0.1, -0.05) is 0 Å². The number of nitrogen functional groups attached to an aromatic ring is 1. The van der Waals surface area contributed by atoms with E-state index >= 15 is 0 Å². The number of hydrogen-bond donors (Lipinski definition) is 1. The summed E-state index contributed by atoms with van der Waals surface area (Å²) in [6.07, 6.45) is 4.80. The predicted molar refractivity (Wildman–Crippen MR) is 57.8 cm³/mol. The Balaban J connectivity index is 2.53. The largest absolute Gasteiger partial charge is 0.478 e. The van der Waals surface area contributed by atoms with Crippen LogP contribution in [0.2, 0.25) is 0 Å². The second-order valence-corrected chi connectivity index (χ2v) is 3.55. The van der Waals surface area contributed by atoms with Gasteiger partial charge in [-0.25, -0.2) is 14.6 Å². The number of hydrogen-bond acceptors (Lipinski definition) is 5. The highest BCUT2D eigenvalue weighted by atomic mass is 79.9. The van der Waals surface area contributed by atoms with Crippen molar-refractivity contribution in [1.82, 2.24) is 19.7 Å². The van der Waals surface area contributed by atoms with Crippen molar-refractivity contribution >= 4 is 21.7 Å². The van der Waals surface area contributed by atoms with Gasteiger partial charge >= 0.3 is 0 Å². The molecule has 2 aromatic rings. The van der Waals surface area contributed by atoms with E-state index in [1.165, 1.54) is 11.8 Å². The van der Waals surface area contributed by atoms with E-state index in [4.69, 9.17) is 10.5 Å². The van der Waals surface area contributed by atoms with Crippen LogP contribution in [0, 0.1) is 0 Å². The Morgan fingerprint density at radius 3 is 2.73 bits per heavy atom. The summed E-state index contributed by atoms with van der Waals surface area (Å²) in [5.41, 5.74) is 5.60. The Morgan fingerprint density at radius 1 is 1.40 bits per heavy atom. The summed E-state index contributed by atoms with van der Waals surface area (Å²) in [5, 5.41) is 4.05. The summed E-state index contributed by atoms with van der Waals surface area (Å²) in [6.45, 7) is 0. The van der Waals surface area contributed by atoms with Crippen molar-refractivity contribution in [3.05, 3.63) is 23.1 Å². The first-order valence-electron chi connectivity index (χ1n) is 4.08. The molecule has 15 heavy (non-hydrogen) atoms. The highest BCUT2D eigenvalue weighted by Crippen LogP contribution is 2.21. The van der Waals surface area contributed by atoms with Gasteiger partial charge in [0.15, 0.2) is 5.82 Å².